The number of amides is 2. The van der Waals surface area contributed by atoms with Gasteiger partial charge in [-0.25, -0.2) is 0 Å². The van der Waals surface area contributed by atoms with Gasteiger partial charge in [-0.3, -0.25) is 14.4 Å². The number of nitrogens with one attached hydrogen (secondary N) is 2. The smallest absolute Gasteiger partial charge is 0.303 e. The van der Waals surface area contributed by atoms with Crippen molar-refractivity contribution in [3.05, 3.63) is 72.9 Å². The van der Waals surface area contributed by atoms with Crippen molar-refractivity contribution in [3.8, 4) is 0 Å². The molecule has 0 heterocycles. The highest BCUT2D eigenvalue weighted by molar-refractivity contribution is 8.76. The highest BCUT2D eigenvalue weighted by Crippen LogP contribution is 2.19. The van der Waals surface area contributed by atoms with Gasteiger partial charge in [0.25, 0.3) is 0 Å². The van der Waals surface area contributed by atoms with E-state index in [9.17, 15) is 14.4 Å². The zero-order valence-corrected chi connectivity index (χ0v) is 24.4. The minimum Gasteiger partial charge on any atom is -0.481 e. The third-order valence-electron chi connectivity index (χ3n) is 4.80. The quantitative estimate of drug-likeness (QED) is 0.0670. The van der Waals surface area contributed by atoms with Crippen molar-refractivity contribution in [3.63, 3.8) is 0 Å². The second kappa shape index (κ2) is 29.1. The van der Waals surface area contributed by atoms with Gasteiger partial charge in [0.05, 0.1) is 6.42 Å². The van der Waals surface area contributed by atoms with E-state index in [2.05, 4.69) is 90.5 Å². The molecule has 0 aliphatic heterocycles. The molecule has 0 aliphatic carbocycles. The van der Waals surface area contributed by atoms with Crippen molar-refractivity contribution in [2.45, 2.75) is 71.1 Å². The number of rotatable bonds is 24. The fourth-order valence-corrected chi connectivity index (χ4v) is 4.65. The van der Waals surface area contributed by atoms with E-state index in [4.69, 9.17) is 5.11 Å². The van der Waals surface area contributed by atoms with Crippen LogP contribution in [0.5, 0.6) is 0 Å². The molecule has 0 spiro atoms. The predicted octanol–water partition coefficient (Wildman–Crippen LogP) is 6.94. The molecule has 0 saturated carbocycles. The predicted molar refractivity (Wildman–Crippen MR) is 165 cm³/mol. The van der Waals surface area contributed by atoms with E-state index < -0.39 is 5.97 Å². The third kappa shape index (κ3) is 29.8. The van der Waals surface area contributed by atoms with Gasteiger partial charge in [0, 0.05) is 37.4 Å². The van der Waals surface area contributed by atoms with Crippen LogP contribution in [0.2, 0.25) is 0 Å². The maximum atomic E-state index is 11.9. The second-order valence-corrected chi connectivity index (χ2v) is 10.9. The lowest BCUT2D eigenvalue weighted by atomic mass is 10.2. The van der Waals surface area contributed by atoms with E-state index in [1.807, 2.05) is 0 Å². The number of carbonyl (C=O) groups is 3. The Labute approximate surface area is 237 Å². The van der Waals surface area contributed by atoms with E-state index >= 15 is 0 Å². The number of hydrogen-bond acceptors (Lipinski definition) is 5. The summed E-state index contributed by atoms with van der Waals surface area (Å²) in [5.74, 6) is 0.381. The fourth-order valence-electron chi connectivity index (χ4n) is 2.83. The molecule has 2 amide bonds. The third-order valence-corrected chi connectivity index (χ3v) is 7.21. The standard InChI is InChI=1S/C30H46N2O4S2/c1-2-3-4-5-6-7-8-9-10-11-12-13-14-15-16-17-18-19-20-21-28(33)31-24-26-37-38-27-25-32-29(34)22-23-30(35)36/h3-4,6-7,9-10,12-13,15-16,18-19H,2,5,8,11,14,17,20-27H2,1H3,(H,31,33)(H,32,34)(H,35,36). The minimum absolute atomic E-state index is 0.0117. The highest BCUT2D eigenvalue weighted by Gasteiger charge is 2.04. The van der Waals surface area contributed by atoms with Crippen LogP contribution < -0.4 is 10.6 Å². The molecular formula is C30H46N2O4S2. The molecule has 212 valence electrons. The Bertz CT molecular complexity index is 802. The second-order valence-electron chi connectivity index (χ2n) is 8.19. The number of carbonyl (C=O) groups excluding carboxylic acids is 2. The van der Waals surface area contributed by atoms with Crippen LogP contribution in [0.4, 0.5) is 0 Å². The summed E-state index contributed by atoms with van der Waals surface area (Å²) >= 11 is 0. The van der Waals surface area contributed by atoms with Gasteiger partial charge in [0.15, 0.2) is 0 Å². The molecule has 0 rings (SSSR count). The minimum atomic E-state index is -0.968. The van der Waals surface area contributed by atoms with Crippen LogP contribution in [-0.2, 0) is 14.4 Å². The summed E-state index contributed by atoms with van der Waals surface area (Å²) in [7, 11) is 3.26. The van der Waals surface area contributed by atoms with Gasteiger partial charge in [0.2, 0.25) is 11.8 Å². The number of allylic oxidation sites excluding steroid dienone is 12. The topological polar surface area (TPSA) is 95.5 Å². The van der Waals surface area contributed by atoms with Crippen LogP contribution >= 0.6 is 21.6 Å². The van der Waals surface area contributed by atoms with E-state index in [0.29, 0.717) is 19.5 Å². The van der Waals surface area contributed by atoms with Gasteiger partial charge < -0.3 is 15.7 Å². The molecule has 38 heavy (non-hydrogen) atoms. The van der Waals surface area contributed by atoms with E-state index in [1.54, 1.807) is 21.6 Å². The molecule has 0 fully saturated rings. The number of carboxylic acid groups (broad SMARTS) is 1. The van der Waals surface area contributed by atoms with Crippen LogP contribution in [-0.4, -0.2) is 47.5 Å². The lowest BCUT2D eigenvalue weighted by Crippen LogP contribution is -2.26. The van der Waals surface area contributed by atoms with Crippen molar-refractivity contribution >= 4 is 39.4 Å². The first-order valence-corrected chi connectivity index (χ1v) is 15.9. The Morgan fingerprint density at radius 2 is 0.974 bits per heavy atom. The Morgan fingerprint density at radius 3 is 1.39 bits per heavy atom. The average Bonchev–Trinajstić information content (AvgIpc) is 2.90. The monoisotopic (exact) mass is 562 g/mol. The first-order valence-electron chi connectivity index (χ1n) is 13.5. The Balaban J connectivity index is 3.53. The Hall–Kier alpha value is -2.45. The summed E-state index contributed by atoms with van der Waals surface area (Å²) < 4.78 is 0. The molecule has 6 nitrogen and oxygen atoms in total. The normalized spacial score (nSPS) is 12.2. The van der Waals surface area contributed by atoms with Crippen molar-refractivity contribution < 1.29 is 19.5 Å². The zero-order chi connectivity index (χ0) is 27.9. The van der Waals surface area contributed by atoms with E-state index in [-0.39, 0.29) is 24.7 Å². The van der Waals surface area contributed by atoms with Crippen LogP contribution in [0.3, 0.4) is 0 Å². The molecule has 0 saturated heterocycles. The lowest BCUT2D eigenvalue weighted by Gasteiger charge is -2.05. The largest absolute Gasteiger partial charge is 0.481 e. The number of carboxylic acids is 1. The summed E-state index contributed by atoms with van der Waals surface area (Å²) in [5.41, 5.74) is 0. The molecule has 0 unspecified atom stereocenters. The molecule has 0 atom stereocenters. The van der Waals surface area contributed by atoms with Gasteiger partial charge in [-0.2, -0.15) is 0 Å². The molecule has 0 aromatic heterocycles. The van der Waals surface area contributed by atoms with Gasteiger partial charge >= 0.3 is 5.97 Å². The summed E-state index contributed by atoms with van der Waals surface area (Å²) in [6, 6.07) is 0. The first kappa shape index (κ1) is 35.5. The maximum absolute atomic E-state index is 11.9. The Kier molecular flexibility index (Phi) is 27.2. The molecule has 0 radical (unpaired) electrons. The van der Waals surface area contributed by atoms with Crippen LogP contribution in [0, 0.1) is 0 Å². The van der Waals surface area contributed by atoms with Gasteiger partial charge in [-0.15, -0.1) is 0 Å². The molecule has 8 heteroatoms. The van der Waals surface area contributed by atoms with Gasteiger partial charge in [0.1, 0.15) is 0 Å². The molecule has 0 aromatic rings. The number of aliphatic carboxylic acids is 1. The van der Waals surface area contributed by atoms with Gasteiger partial charge in [-0.1, -0.05) is 101 Å². The van der Waals surface area contributed by atoms with Crippen molar-refractivity contribution in [2.24, 2.45) is 0 Å². The molecule has 3 N–H and O–H groups in total. The molecule has 0 bridgehead atoms. The molecular weight excluding hydrogens is 516 g/mol. The average molecular weight is 563 g/mol. The number of hydrogen-bond donors (Lipinski definition) is 3. The van der Waals surface area contributed by atoms with Crippen LogP contribution in [0.1, 0.15) is 71.1 Å². The SMILES string of the molecule is CCC=CCC=CCC=CCC=CCC=CCC=CCCC(=O)NCCSSCCNC(=O)CCC(=O)O. The summed E-state index contributed by atoms with van der Waals surface area (Å²) in [6.07, 6.45) is 33.0. The summed E-state index contributed by atoms with van der Waals surface area (Å²) in [6.45, 7) is 3.27. The van der Waals surface area contributed by atoms with Crippen LogP contribution in [0.25, 0.3) is 0 Å². The summed E-state index contributed by atoms with van der Waals surface area (Å²) in [4.78, 5) is 33.6. The molecule has 0 aliphatic rings. The Morgan fingerprint density at radius 1 is 0.579 bits per heavy atom. The van der Waals surface area contributed by atoms with Crippen LogP contribution in [0.15, 0.2) is 72.9 Å². The van der Waals surface area contributed by atoms with Gasteiger partial charge in [-0.05, 0) is 44.9 Å². The first-order chi connectivity index (χ1) is 18.6. The van der Waals surface area contributed by atoms with Crippen molar-refractivity contribution in [1.29, 1.82) is 0 Å². The van der Waals surface area contributed by atoms with E-state index in [1.165, 1.54) is 0 Å². The maximum Gasteiger partial charge on any atom is 0.303 e. The molecule has 0 aromatic carbocycles. The zero-order valence-electron chi connectivity index (χ0n) is 22.8. The van der Waals surface area contributed by atoms with E-state index in [0.717, 1.165) is 56.5 Å². The van der Waals surface area contributed by atoms with Crippen molar-refractivity contribution in [1.82, 2.24) is 10.6 Å². The summed E-state index contributed by atoms with van der Waals surface area (Å²) in [5, 5.41) is 14.1. The lowest BCUT2D eigenvalue weighted by molar-refractivity contribution is -0.138. The fraction of sp³-hybridized carbons (Fsp3) is 0.500. The highest BCUT2D eigenvalue weighted by atomic mass is 33.1. The van der Waals surface area contributed by atoms with Crippen molar-refractivity contribution in [2.75, 3.05) is 24.6 Å².